The summed E-state index contributed by atoms with van der Waals surface area (Å²) in [5.41, 5.74) is 0.143. The Morgan fingerprint density at radius 1 is 1.08 bits per heavy atom. The Morgan fingerprint density at radius 2 is 1.71 bits per heavy atom. The first-order chi connectivity index (χ1) is 11.3. The lowest BCUT2D eigenvalue weighted by Gasteiger charge is -2.09. The van der Waals surface area contributed by atoms with Crippen LogP contribution in [0.2, 0.25) is 0 Å². The zero-order valence-corrected chi connectivity index (χ0v) is 14.3. The molecule has 2 aromatic rings. The van der Waals surface area contributed by atoms with Crippen LogP contribution in [-0.4, -0.2) is 25.1 Å². The van der Waals surface area contributed by atoms with Crippen LogP contribution in [0, 0.1) is 5.82 Å². The highest BCUT2D eigenvalue weighted by Gasteiger charge is 2.17. The molecular weight excluding hydrogens is 353 g/mol. The minimum atomic E-state index is -3.96. The number of thioether (sulfide) groups is 1. The first-order valence-electron chi connectivity index (χ1n) is 6.83. The maximum atomic E-state index is 13.6. The number of anilines is 1. The molecule has 126 valence electrons. The molecule has 0 bridgehead atoms. The van der Waals surface area contributed by atoms with Crippen LogP contribution in [0.4, 0.5) is 10.1 Å². The summed E-state index contributed by atoms with van der Waals surface area (Å²) in [5.74, 6) is -0.968. The Labute approximate surface area is 143 Å². The van der Waals surface area contributed by atoms with Gasteiger partial charge in [0.2, 0.25) is 0 Å². The van der Waals surface area contributed by atoms with Gasteiger partial charge in [-0.2, -0.15) is 0 Å². The topological polar surface area (TPSA) is 80.3 Å². The SMILES string of the molecule is CC(=O)SCC(=O)c1ccc(S(=O)(=O)Nc2ccccc2F)cc1. The van der Waals surface area contributed by atoms with Gasteiger partial charge in [0.25, 0.3) is 10.0 Å². The largest absolute Gasteiger partial charge is 0.293 e. The van der Waals surface area contributed by atoms with Crippen molar-refractivity contribution in [1.29, 1.82) is 0 Å². The van der Waals surface area contributed by atoms with E-state index in [4.69, 9.17) is 0 Å². The van der Waals surface area contributed by atoms with E-state index in [1.54, 1.807) is 0 Å². The molecule has 8 heteroatoms. The minimum absolute atomic E-state index is 0.00505. The summed E-state index contributed by atoms with van der Waals surface area (Å²) in [6.45, 7) is 1.36. The predicted molar refractivity (Wildman–Crippen MR) is 91.1 cm³/mol. The van der Waals surface area contributed by atoms with Crippen molar-refractivity contribution in [3.8, 4) is 0 Å². The Morgan fingerprint density at radius 3 is 2.29 bits per heavy atom. The monoisotopic (exact) mass is 367 g/mol. The van der Waals surface area contributed by atoms with Gasteiger partial charge >= 0.3 is 0 Å². The van der Waals surface area contributed by atoms with Gasteiger partial charge in [-0.15, -0.1) is 0 Å². The summed E-state index contributed by atoms with van der Waals surface area (Å²) in [6, 6.07) is 10.7. The van der Waals surface area contributed by atoms with Crippen LogP contribution in [0.3, 0.4) is 0 Å². The van der Waals surface area contributed by atoms with Gasteiger partial charge in [-0.25, -0.2) is 12.8 Å². The van der Waals surface area contributed by atoms with Crippen molar-refractivity contribution in [2.75, 3.05) is 10.5 Å². The summed E-state index contributed by atoms with van der Waals surface area (Å²) in [7, 11) is -3.96. The van der Waals surface area contributed by atoms with Gasteiger partial charge in [0.15, 0.2) is 10.9 Å². The third kappa shape index (κ3) is 4.65. The molecule has 0 aliphatic carbocycles. The van der Waals surface area contributed by atoms with Crippen LogP contribution in [0.15, 0.2) is 53.4 Å². The zero-order valence-electron chi connectivity index (χ0n) is 12.7. The molecule has 1 N–H and O–H groups in total. The van der Waals surface area contributed by atoms with E-state index in [0.717, 1.165) is 17.8 Å². The van der Waals surface area contributed by atoms with Crippen molar-refractivity contribution in [2.45, 2.75) is 11.8 Å². The first-order valence-corrected chi connectivity index (χ1v) is 9.30. The van der Waals surface area contributed by atoms with E-state index in [-0.39, 0.29) is 27.2 Å². The van der Waals surface area contributed by atoms with Crippen molar-refractivity contribution >= 4 is 38.4 Å². The lowest BCUT2D eigenvalue weighted by Crippen LogP contribution is -2.14. The lowest BCUT2D eigenvalue weighted by atomic mass is 10.1. The molecule has 5 nitrogen and oxygen atoms in total. The number of hydrogen-bond donors (Lipinski definition) is 1. The molecule has 2 aromatic carbocycles. The first kappa shape index (κ1) is 18.2. The number of para-hydroxylation sites is 1. The van der Waals surface area contributed by atoms with E-state index >= 15 is 0 Å². The molecule has 0 aliphatic heterocycles. The fourth-order valence-corrected chi connectivity index (χ4v) is 3.39. The third-order valence-electron chi connectivity index (χ3n) is 3.01. The molecule has 0 fully saturated rings. The fraction of sp³-hybridized carbons (Fsp3) is 0.125. The third-order valence-corrected chi connectivity index (χ3v) is 5.21. The molecule has 0 unspecified atom stereocenters. The molecule has 0 saturated heterocycles. The van der Waals surface area contributed by atoms with Crippen molar-refractivity contribution in [3.63, 3.8) is 0 Å². The van der Waals surface area contributed by atoms with E-state index < -0.39 is 15.8 Å². The Hall–Kier alpha value is -2.19. The molecule has 0 spiro atoms. The van der Waals surface area contributed by atoms with E-state index in [0.29, 0.717) is 5.56 Å². The highest BCUT2D eigenvalue weighted by molar-refractivity contribution is 8.14. The van der Waals surface area contributed by atoms with E-state index in [2.05, 4.69) is 4.72 Å². The number of sulfonamides is 1. The van der Waals surface area contributed by atoms with Crippen LogP contribution < -0.4 is 4.72 Å². The molecule has 24 heavy (non-hydrogen) atoms. The number of hydrogen-bond acceptors (Lipinski definition) is 5. The molecule has 2 rings (SSSR count). The molecule has 0 aromatic heterocycles. The number of rotatable bonds is 6. The Kier molecular flexibility index (Phi) is 5.74. The Balaban J connectivity index is 2.16. The summed E-state index contributed by atoms with van der Waals surface area (Å²) >= 11 is 0.887. The normalized spacial score (nSPS) is 11.1. The summed E-state index contributed by atoms with van der Waals surface area (Å²) in [5, 5.41) is -0.170. The van der Waals surface area contributed by atoms with Crippen LogP contribution in [0.25, 0.3) is 0 Å². The van der Waals surface area contributed by atoms with Crippen molar-refractivity contribution in [3.05, 3.63) is 59.9 Å². The molecule has 0 saturated carbocycles. The van der Waals surface area contributed by atoms with E-state index in [1.165, 1.54) is 49.4 Å². The number of benzene rings is 2. The second-order valence-corrected chi connectivity index (χ2v) is 7.65. The number of carbonyl (C=O) groups is 2. The van der Waals surface area contributed by atoms with Gasteiger partial charge < -0.3 is 0 Å². The van der Waals surface area contributed by atoms with E-state index in [1.807, 2.05) is 0 Å². The number of carbonyl (C=O) groups excluding carboxylic acids is 2. The molecule has 0 aliphatic rings. The van der Waals surface area contributed by atoms with Crippen molar-refractivity contribution in [2.24, 2.45) is 0 Å². The molecule has 0 radical (unpaired) electrons. The highest BCUT2D eigenvalue weighted by Crippen LogP contribution is 2.19. The van der Waals surface area contributed by atoms with Gasteiger partial charge in [0.1, 0.15) is 5.82 Å². The smallest absolute Gasteiger partial charge is 0.261 e. The second-order valence-electron chi connectivity index (χ2n) is 4.81. The summed E-state index contributed by atoms with van der Waals surface area (Å²) in [6.07, 6.45) is 0. The minimum Gasteiger partial charge on any atom is -0.293 e. The standard InChI is InChI=1S/C16H14FNO4S2/c1-11(19)23-10-16(20)12-6-8-13(9-7-12)24(21,22)18-15-5-3-2-4-14(15)17/h2-9,18H,10H2,1H3. The molecule has 0 heterocycles. The molecular formula is C16H14FNO4S2. The number of halogens is 1. The van der Waals surface area contributed by atoms with Gasteiger partial charge in [-0.3, -0.25) is 14.3 Å². The average Bonchev–Trinajstić information content (AvgIpc) is 2.54. The number of nitrogens with one attached hydrogen (secondary N) is 1. The predicted octanol–water partition coefficient (Wildman–Crippen LogP) is 3.09. The van der Waals surface area contributed by atoms with Crippen LogP contribution in [0.1, 0.15) is 17.3 Å². The van der Waals surface area contributed by atoms with Crippen molar-refractivity contribution < 1.29 is 22.4 Å². The van der Waals surface area contributed by atoms with Gasteiger partial charge in [0.05, 0.1) is 16.3 Å². The number of ketones is 1. The summed E-state index contributed by atoms with van der Waals surface area (Å²) < 4.78 is 40.2. The van der Waals surface area contributed by atoms with E-state index in [9.17, 15) is 22.4 Å². The molecule has 0 atom stereocenters. The summed E-state index contributed by atoms with van der Waals surface area (Å²) in [4.78, 5) is 22.6. The van der Waals surface area contributed by atoms with Crippen molar-refractivity contribution in [1.82, 2.24) is 0 Å². The van der Waals surface area contributed by atoms with Gasteiger partial charge in [-0.05, 0) is 24.3 Å². The average molecular weight is 367 g/mol. The number of Topliss-reactive ketones (excluding diaryl/α,β-unsaturated/α-hetero) is 1. The quantitative estimate of drug-likeness (QED) is 0.794. The zero-order chi connectivity index (χ0) is 17.7. The van der Waals surface area contributed by atoms with Gasteiger partial charge in [0, 0.05) is 12.5 Å². The molecule has 0 amide bonds. The van der Waals surface area contributed by atoms with Crippen LogP contribution in [-0.2, 0) is 14.8 Å². The Bertz CT molecular complexity index is 864. The second kappa shape index (κ2) is 7.59. The van der Waals surface area contributed by atoms with Crippen LogP contribution >= 0.6 is 11.8 Å². The fourth-order valence-electron chi connectivity index (χ4n) is 1.82. The highest BCUT2D eigenvalue weighted by atomic mass is 32.2. The van der Waals surface area contributed by atoms with Crippen LogP contribution in [0.5, 0.6) is 0 Å². The lowest BCUT2D eigenvalue weighted by molar-refractivity contribution is -0.109. The maximum Gasteiger partial charge on any atom is 0.261 e. The van der Waals surface area contributed by atoms with Gasteiger partial charge in [-0.1, -0.05) is 36.0 Å². The maximum absolute atomic E-state index is 13.6.